The molecule has 6 rings (SSSR count). The topological polar surface area (TPSA) is 115 Å². The molecule has 0 radical (unpaired) electrons. The number of ether oxygens (including phenoxy) is 1. The highest BCUT2D eigenvalue weighted by atomic mass is 16.5. The van der Waals surface area contributed by atoms with Crippen LogP contribution in [0, 0.1) is 12.8 Å². The fourth-order valence-corrected chi connectivity index (χ4v) is 4.75. The molecule has 1 aliphatic heterocycles. The first-order valence-corrected chi connectivity index (χ1v) is 12.3. The van der Waals surface area contributed by atoms with Crippen LogP contribution in [0.4, 0.5) is 5.82 Å². The molecule has 1 aliphatic carbocycles. The summed E-state index contributed by atoms with van der Waals surface area (Å²) in [5, 5.41) is 12.0. The minimum atomic E-state index is -0.144. The number of aromatic nitrogens is 7. The highest BCUT2D eigenvalue weighted by Crippen LogP contribution is 2.46. The van der Waals surface area contributed by atoms with Crippen LogP contribution in [0.5, 0.6) is 5.75 Å². The molecule has 186 valence electrons. The van der Waals surface area contributed by atoms with Crippen LogP contribution in [0.25, 0.3) is 17.0 Å². The molecule has 4 aromatic heterocycles. The van der Waals surface area contributed by atoms with Crippen LogP contribution in [0.2, 0.25) is 0 Å². The van der Waals surface area contributed by atoms with Gasteiger partial charge in [-0.15, -0.1) is 0 Å². The van der Waals surface area contributed by atoms with Crippen molar-refractivity contribution in [2.75, 3.05) is 25.0 Å². The van der Waals surface area contributed by atoms with E-state index in [1.807, 2.05) is 26.1 Å². The van der Waals surface area contributed by atoms with Crippen molar-refractivity contribution < 1.29 is 9.53 Å². The third-order valence-electron chi connectivity index (χ3n) is 7.08. The van der Waals surface area contributed by atoms with Crippen LogP contribution in [-0.4, -0.2) is 70.9 Å². The Hall–Kier alpha value is -3.86. The molecule has 5 heterocycles. The molecule has 11 heteroatoms. The minimum absolute atomic E-state index is 0.0555. The summed E-state index contributed by atoms with van der Waals surface area (Å²) in [6, 6.07) is 4.21. The zero-order chi connectivity index (χ0) is 24.8. The van der Waals surface area contributed by atoms with E-state index in [2.05, 4.69) is 37.2 Å². The number of likely N-dealkylation sites (N-methyl/N-ethyl adjacent to an activating group) is 1. The van der Waals surface area contributed by atoms with E-state index in [-0.39, 0.29) is 17.7 Å². The average Bonchev–Trinajstić information content (AvgIpc) is 3.43. The number of rotatable bonds is 8. The van der Waals surface area contributed by atoms with E-state index in [1.54, 1.807) is 34.0 Å². The lowest BCUT2D eigenvalue weighted by Crippen LogP contribution is -2.50. The van der Waals surface area contributed by atoms with Gasteiger partial charge in [-0.2, -0.15) is 10.2 Å². The number of nitrogens with zero attached hydrogens (tertiary/aromatic N) is 8. The Kier molecular flexibility index (Phi) is 5.63. The summed E-state index contributed by atoms with van der Waals surface area (Å²) in [5.74, 6) is 1.72. The van der Waals surface area contributed by atoms with E-state index in [0.29, 0.717) is 35.6 Å². The Morgan fingerprint density at radius 2 is 2.06 bits per heavy atom. The molecule has 0 bridgehead atoms. The van der Waals surface area contributed by atoms with Gasteiger partial charge in [0.05, 0.1) is 12.4 Å². The second-order valence-corrected chi connectivity index (χ2v) is 9.57. The first-order chi connectivity index (χ1) is 17.5. The predicted octanol–water partition coefficient (Wildman–Crippen LogP) is 2.44. The van der Waals surface area contributed by atoms with E-state index in [4.69, 9.17) is 9.84 Å². The molecular weight excluding hydrogens is 458 g/mol. The molecule has 11 nitrogen and oxygen atoms in total. The molecule has 1 amide bonds. The number of hydrogen-bond acceptors (Lipinski definition) is 8. The Morgan fingerprint density at radius 1 is 1.22 bits per heavy atom. The number of imidazole rings is 1. The van der Waals surface area contributed by atoms with E-state index in [9.17, 15) is 4.79 Å². The van der Waals surface area contributed by atoms with Crippen molar-refractivity contribution in [1.29, 1.82) is 0 Å². The molecule has 4 aromatic rings. The van der Waals surface area contributed by atoms with Crippen molar-refractivity contribution in [2.24, 2.45) is 13.0 Å². The quantitative estimate of drug-likeness (QED) is 0.403. The maximum absolute atomic E-state index is 12.8. The molecule has 0 unspecified atom stereocenters. The van der Waals surface area contributed by atoms with Gasteiger partial charge in [-0.3, -0.25) is 14.4 Å². The van der Waals surface area contributed by atoms with Crippen LogP contribution in [0.15, 0.2) is 36.9 Å². The SMILES string of the molecule is CCN1CC[C@@H]1COc1cnn(C)c1-c1ccc2nc(NC(=O)[C@H]3C[C@H]3c3ncc(C)cn3)cn2n1. The van der Waals surface area contributed by atoms with E-state index in [0.717, 1.165) is 43.0 Å². The summed E-state index contributed by atoms with van der Waals surface area (Å²) in [6.07, 6.45) is 8.92. The molecule has 1 saturated heterocycles. The van der Waals surface area contributed by atoms with Gasteiger partial charge < -0.3 is 10.1 Å². The largest absolute Gasteiger partial charge is 0.488 e. The van der Waals surface area contributed by atoms with Crippen LogP contribution in [0.1, 0.15) is 37.1 Å². The van der Waals surface area contributed by atoms with Gasteiger partial charge in [-0.05, 0) is 44.0 Å². The lowest BCUT2D eigenvalue weighted by molar-refractivity contribution is -0.117. The van der Waals surface area contributed by atoms with Crippen LogP contribution in [0.3, 0.4) is 0 Å². The van der Waals surface area contributed by atoms with Crippen LogP contribution in [-0.2, 0) is 11.8 Å². The molecule has 0 spiro atoms. The van der Waals surface area contributed by atoms with E-state index < -0.39 is 0 Å². The van der Waals surface area contributed by atoms with Crippen molar-refractivity contribution in [3.05, 3.63) is 48.3 Å². The zero-order valence-corrected chi connectivity index (χ0v) is 20.6. The summed E-state index contributed by atoms with van der Waals surface area (Å²) < 4.78 is 9.58. The first-order valence-electron chi connectivity index (χ1n) is 12.3. The van der Waals surface area contributed by atoms with Crippen LogP contribution >= 0.6 is 0 Å². The molecule has 36 heavy (non-hydrogen) atoms. The molecule has 1 N–H and O–H groups in total. The third kappa shape index (κ3) is 4.19. The average molecular weight is 488 g/mol. The molecule has 3 atom stereocenters. The van der Waals surface area contributed by atoms with Gasteiger partial charge in [0.25, 0.3) is 0 Å². The second kappa shape index (κ2) is 8.98. The number of aryl methyl sites for hydroxylation is 2. The Labute approximate surface area is 208 Å². The van der Waals surface area contributed by atoms with E-state index in [1.165, 1.54) is 0 Å². The number of hydrogen-bond donors (Lipinski definition) is 1. The highest BCUT2D eigenvalue weighted by Gasteiger charge is 2.46. The van der Waals surface area contributed by atoms with Crippen molar-refractivity contribution in [3.8, 4) is 17.1 Å². The summed E-state index contributed by atoms with van der Waals surface area (Å²) in [5.41, 5.74) is 3.16. The Bertz CT molecular complexity index is 1410. The number of anilines is 1. The molecule has 0 aromatic carbocycles. The fourth-order valence-electron chi connectivity index (χ4n) is 4.75. The summed E-state index contributed by atoms with van der Waals surface area (Å²) >= 11 is 0. The van der Waals surface area contributed by atoms with E-state index >= 15 is 0 Å². The number of carbonyl (C=O) groups excluding carboxylic acids is 1. The lowest BCUT2D eigenvalue weighted by atomic mass is 10.0. The molecular formula is C25H29N9O2. The van der Waals surface area contributed by atoms with Gasteiger partial charge in [0.2, 0.25) is 5.91 Å². The van der Waals surface area contributed by atoms with Crippen molar-refractivity contribution in [3.63, 3.8) is 0 Å². The predicted molar refractivity (Wildman–Crippen MR) is 133 cm³/mol. The monoisotopic (exact) mass is 487 g/mol. The van der Waals surface area contributed by atoms with Crippen molar-refractivity contribution >= 4 is 17.4 Å². The fraction of sp³-hybridized carbons (Fsp3) is 0.440. The molecule has 2 aliphatic rings. The second-order valence-electron chi connectivity index (χ2n) is 9.57. The van der Waals surface area contributed by atoms with Gasteiger partial charge in [-0.25, -0.2) is 19.5 Å². The van der Waals surface area contributed by atoms with Crippen molar-refractivity contribution in [1.82, 2.24) is 39.2 Å². The number of nitrogens with one attached hydrogen (secondary N) is 1. The van der Waals surface area contributed by atoms with Gasteiger partial charge >= 0.3 is 0 Å². The van der Waals surface area contributed by atoms with Crippen LogP contribution < -0.4 is 10.1 Å². The Balaban J connectivity index is 1.15. The zero-order valence-electron chi connectivity index (χ0n) is 20.6. The van der Waals surface area contributed by atoms with Gasteiger partial charge in [0, 0.05) is 43.9 Å². The molecule has 1 saturated carbocycles. The highest BCUT2D eigenvalue weighted by molar-refractivity contribution is 5.94. The Morgan fingerprint density at radius 3 is 2.81 bits per heavy atom. The number of fused-ring (bicyclic) bond motifs is 1. The first kappa shape index (κ1) is 22.6. The standard InChI is InChI=1S/C25H29N9O2/c1-4-33-8-7-16(33)14-36-20-12-28-32(3)23(20)19-5-6-22-29-21(13-34(22)31-19)30-25(35)18-9-17(18)24-26-10-15(2)11-27-24/h5-6,10-13,16-18H,4,7-9,14H2,1-3H3,(H,30,35)/t16-,17-,18+/m1/s1. The number of carbonyl (C=O) groups is 1. The maximum atomic E-state index is 12.8. The number of amides is 1. The maximum Gasteiger partial charge on any atom is 0.229 e. The normalized spacial score (nSPS) is 21.4. The number of likely N-dealkylation sites (tertiary alicyclic amines) is 1. The van der Waals surface area contributed by atoms with Gasteiger partial charge in [0.15, 0.2) is 17.2 Å². The van der Waals surface area contributed by atoms with Gasteiger partial charge in [0.1, 0.15) is 23.8 Å². The summed E-state index contributed by atoms with van der Waals surface area (Å²) in [7, 11) is 1.87. The summed E-state index contributed by atoms with van der Waals surface area (Å²) in [6.45, 7) is 6.91. The third-order valence-corrected chi connectivity index (χ3v) is 7.08. The van der Waals surface area contributed by atoms with Crippen molar-refractivity contribution in [2.45, 2.75) is 38.6 Å². The smallest absolute Gasteiger partial charge is 0.229 e. The van der Waals surface area contributed by atoms with Gasteiger partial charge in [-0.1, -0.05) is 6.92 Å². The minimum Gasteiger partial charge on any atom is -0.488 e. The molecule has 2 fully saturated rings. The lowest BCUT2D eigenvalue weighted by Gasteiger charge is -2.39. The summed E-state index contributed by atoms with van der Waals surface area (Å²) in [4.78, 5) is 28.4.